The van der Waals surface area contributed by atoms with Crippen molar-refractivity contribution < 1.29 is 31.9 Å². The van der Waals surface area contributed by atoms with E-state index in [0.717, 1.165) is 0 Å². The fourth-order valence-corrected chi connectivity index (χ4v) is 1.23. The van der Waals surface area contributed by atoms with E-state index >= 15 is 0 Å². The lowest BCUT2D eigenvalue weighted by atomic mass is 9.75. The molecule has 13 heavy (non-hydrogen) atoms. The van der Waals surface area contributed by atoms with Crippen molar-refractivity contribution in [3.8, 4) is 0 Å². The second-order valence-corrected chi connectivity index (χ2v) is 2.62. The Morgan fingerprint density at radius 3 is 1.54 bits per heavy atom. The molecule has 70 valence electrons. The molecular formula is C6F4O3. The standard InChI is InChI=1S/C6F4O3/c7-1-2(8)6(10)4(12)13-3(11)5(1,6)9/t5-,6-/m1/s1. The Hall–Kier alpha value is -1.40. The number of carbonyl (C=O) groups excluding carboxylic acids is 2. The monoisotopic (exact) mass is 196 g/mol. The Kier molecular flexibility index (Phi) is 1.11. The first kappa shape index (κ1) is 8.21. The molecule has 0 aromatic heterocycles. The molecule has 3 nitrogen and oxygen atoms in total. The van der Waals surface area contributed by atoms with E-state index in [1.165, 1.54) is 0 Å². The Bertz CT molecular complexity index is 342. The molecule has 0 amide bonds. The topological polar surface area (TPSA) is 43.4 Å². The number of cyclic esters (lactones) is 2. The second-order valence-electron chi connectivity index (χ2n) is 2.62. The molecular weight excluding hydrogens is 196 g/mol. The summed E-state index contributed by atoms with van der Waals surface area (Å²) in [5.74, 6) is -8.57. The summed E-state index contributed by atoms with van der Waals surface area (Å²) in [6, 6.07) is 0. The Morgan fingerprint density at radius 2 is 1.23 bits per heavy atom. The van der Waals surface area contributed by atoms with Crippen LogP contribution in [0.5, 0.6) is 0 Å². The molecule has 0 aromatic carbocycles. The van der Waals surface area contributed by atoms with Crippen LogP contribution in [0.2, 0.25) is 0 Å². The third-order valence-electron chi connectivity index (χ3n) is 2.02. The number of hydrogen-bond acceptors (Lipinski definition) is 3. The molecule has 1 aliphatic carbocycles. The molecule has 7 heteroatoms. The first-order valence-electron chi connectivity index (χ1n) is 3.07. The van der Waals surface area contributed by atoms with Crippen molar-refractivity contribution in [2.45, 2.75) is 11.3 Å². The second kappa shape index (κ2) is 1.75. The maximum absolute atomic E-state index is 13.0. The van der Waals surface area contributed by atoms with Gasteiger partial charge in [-0.05, 0) is 0 Å². The quantitative estimate of drug-likeness (QED) is 0.324. The number of carbonyl (C=O) groups is 2. The lowest BCUT2D eigenvalue weighted by molar-refractivity contribution is -0.155. The Labute approximate surface area is 68.0 Å². The van der Waals surface area contributed by atoms with Crippen molar-refractivity contribution in [2.75, 3.05) is 0 Å². The van der Waals surface area contributed by atoms with Crippen molar-refractivity contribution in [3.63, 3.8) is 0 Å². The smallest absolute Gasteiger partial charge is 0.363 e. The zero-order valence-electron chi connectivity index (χ0n) is 5.74. The largest absolute Gasteiger partial charge is 0.387 e. The van der Waals surface area contributed by atoms with E-state index < -0.39 is 34.9 Å². The molecule has 2 atom stereocenters. The minimum atomic E-state index is -3.91. The maximum atomic E-state index is 13.0. The van der Waals surface area contributed by atoms with Crippen LogP contribution in [0.1, 0.15) is 0 Å². The molecule has 0 N–H and O–H groups in total. The highest BCUT2D eigenvalue weighted by Gasteiger charge is 2.85. The van der Waals surface area contributed by atoms with Crippen LogP contribution >= 0.6 is 0 Å². The number of rotatable bonds is 0. The maximum Gasteiger partial charge on any atom is 0.363 e. The molecule has 1 saturated heterocycles. The average molecular weight is 196 g/mol. The highest BCUT2D eigenvalue weighted by Crippen LogP contribution is 2.58. The predicted octanol–water partition coefficient (Wildman–Crippen LogP) is 0.651. The summed E-state index contributed by atoms with van der Waals surface area (Å²) < 4.78 is 54.2. The SMILES string of the molecule is O=C1OC(=O)[C@]2(F)C(F)=C(F)[C@@]12F. The number of ether oxygens (including phenoxy) is 1. The van der Waals surface area contributed by atoms with Crippen LogP contribution in [0.15, 0.2) is 11.7 Å². The van der Waals surface area contributed by atoms with Crippen LogP contribution in [-0.2, 0) is 14.3 Å². The molecule has 0 aromatic rings. The van der Waals surface area contributed by atoms with E-state index in [4.69, 9.17) is 0 Å². The summed E-state index contributed by atoms with van der Waals surface area (Å²) in [7, 11) is 0. The van der Waals surface area contributed by atoms with E-state index in [-0.39, 0.29) is 0 Å². The minimum absolute atomic E-state index is 2.06. The number of alkyl halides is 2. The van der Waals surface area contributed by atoms with Crippen LogP contribution in [0.3, 0.4) is 0 Å². The van der Waals surface area contributed by atoms with E-state index in [1.54, 1.807) is 0 Å². The van der Waals surface area contributed by atoms with E-state index in [9.17, 15) is 27.2 Å². The van der Waals surface area contributed by atoms with Crippen molar-refractivity contribution in [3.05, 3.63) is 11.7 Å². The minimum Gasteiger partial charge on any atom is -0.387 e. The summed E-state index contributed by atoms with van der Waals surface area (Å²) >= 11 is 0. The Balaban J connectivity index is 2.68. The van der Waals surface area contributed by atoms with Gasteiger partial charge in [0.05, 0.1) is 0 Å². The van der Waals surface area contributed by atoms with Gasteiger partial charge in [0.1, 0.15) is 0 Å². The molecule has 1 fully saturated rings. The van der Waals surface area contributed by atoms with Crippen LogP contribution < -0.4 is 0 Å². The lowest BCUT2D eigenvalue weighted by Gasteiger charge is -2.32. The fourth-order valence-electron chi connectivity index (χ4n) is 1.23. The summed E-state index contributed by atoms with van der Waals surface area (Å²) in [6.45, 7) is 0. The van der Waals surface area contributed by atoms with Crippen LogP contribution in [-0.4, -0.2) is 23.3 Å². The van der Waals surface area contributed by atoms with Gasteiger partial charge >= 0.3 is 23.3 Å². The normalized spacial score (nSPS) is 43.1. The molecule has 0 bridgehead atoms. The lowest BCUT2D eigenvalue weighted by Crippen LogP contribution is -2.59. The van der Waals surface area contributed by atoms with Gasteiger partial charge in [0.15, 0.2) is 11.7 Å². The van der Waals surface area contributed by atoms with Crippen molar-refractivity contribution in [1.29, 1.82) is 0 Å². The number of esters is 2. The Morgan fingerprint density at radius 1 is 0.923 bits per heavy atom. The zero-order valence-corrected chi connectivity index (χ0v) is 5.74. The third kappa shape index (κ3) is 0.500. The summed E-state index contributed by atoms with van der Waals surface area (Å²) in [5, 5.41) is 0. The van der Waals surface area contributed by atoms with Crippen LogP contribution in [0, 0.1) is 0 Å². The molecule has 0 spiro atoms. The van der Waals surface area contributed by atoms with E-state index in [0.29, 0.717) is 0 Å². The van der Waals surface area contributed by atoms with Gasteiger partial charge in [-0.2, -0.15) is 0 Å². The van der Waals surface area contributed by atoms with E-state index in [2.05, 4.69) is 4.74 Å². The van der Waals surface area contributed by atoms with Gasteiger partial charge in [0.25, 0.3) is 0 Å². The van der Waals surface area contributed by atoms with Gasteiger partial charge < -0.3 is 4.74 Å². The molecule has 1 heterocycles. The van der Waals surface area contributed by atoms with Crippen LogP contribution in [0.4, 0.5) is 17.6 Å². The van der Waals surface area contributed by atoms with Crippen LogP contribution in [0.25, 0.3) is 0 Å². The van der Waals surface area contributed by atoms with E-state index in [1.807, 2.05) is 0 Å². The van der Waals surface area contributed by atoms with Gasteiger partial charge in [0, 0.05) is 0 Å². The fraction of sp³-hybridized carbons (Fsp3) is 0.333. The average Bonchev–Trinajstić information content (AvgIpc) is 2.26. The van der Waals surface area contributed by atoms with Gasteiger partial charge in [-0.25, -0.2) is 27.2 Å². The zero-order chi connectivity index (χ0) is 10.0. The molecule has 2 rings (SSSR count). The highest BCUT2D eigenvalue weighted by atomic mass is 19.2. The van der Waals surface area contributed by atoms with Gasteiger partial charge in [-0.1, -0.05) is 0 Å². The van der Waals surface area contributed by atoms with Crippen molar-refractivity contribution >= 4 is 11.9 Å². The summed E-state index contributed by atoms with van der Waals surface area (Å²) in [5.41, 5.74) is -7.82. The van der Waals surface area contributed by atoms with Gasteiger partial charge in [-0.15, -0.1) is 0 Å². The van der Waals surface area contributed by atoms with Crippen molar-refractivity contribution in [2.24, 2.45) is 0 Å². The van der Waals surface area contributed by atoms with Crippen molar-refractivity contribution in [1.82, 2.24) is 0 Å². The number of halogens is 4. The molecule has 0 unspecified atom stereocenters. The summed E-state index contributed by atoms with van der Waals surface area (Å²) in [6.07, 6.45) is 0. The third-order valence-corrected chi connectivity index (χ3v) is 2.02. The number of fused-ring (bicyclic) bond motifs is 1. The van der Waals surface area contributed by atoms with Gasteiger partial charge in [-0.3, -0.25) is 0 Å². The predicted molar refractivity (Wildman–Crippen MR) is 28.0 cm³/mol. The molecule has 1 aliphatic heterocycles. The molecule has 2 aliphatic rings. The first-order valence-corrected chi connectivity index (χ1v) is 3.07. The van der Waals surface area contributed by atoms with Gasteiger partial charge in [0.2, 0.25) is 0 Å². The molecule has 0 saturated carbocycles. The first-order chi connectivity index (χ1) is 5.86. The highest BCUT2D eigenvalue weighted by molar-refractivity contribution is 6.12. The summed E-state index contributed by atoms with van der Waals surface area (Å²) in [4.78, 5) is 20.9. The number of hydrogen-bond donors (Lipinski definition) is 0. The molecule has 0 radical (unpaired) electrons.